The van der Waals surface area contributed by atoms with E-state index in [1.807, 2.05) is 25.1 Å². The normalized spacial score (nSPS) is 16.0. The quantitative estimate of drug-likeness (QED) is 0.915. The lowest BCUT2D eigenvalue weighted by Crippen LogP contribution is -2.28. The highest BCUT2D eigenvalue weighted by Crippen LogP contribution is 2.49. The number of carbonyl (C=O) groups excluding carboxylic acids is 1. The summed E-state index contributed by atoms with van der Waals surface area (Å²) in [6.07, 6.45) is 1.80. The Hall–Kier alpha value is -2.16. The lowest BCUT2D eigenvalue weighted by molar-refractivity contribution is -0.118. The van der Waals surface area contributed by atoms with Crippen LogP contribution >= 0.6 is 0 Å². The number of carbonyl (C=O) groups is 1. The van der Waals surface area contributed by atoms with Gasteiger partial charge < -0.3 is 5.32 Å². The van der Waals surface area contributed by atoms with Crippen LogP contribution in [0.3, 0.4) is 0 Å². The van der Waals surface area contributed by atoms with Crippen molar-refractivity contribution in [3.8, 4) is 0 Å². The first kappa shape index (κ1) is 15.7. The number of aromatic nitrogens is 1. The number of anilines is 1. The van der Waals surface area contributed by atoms with Crippen molar-refractivity contribution in [1.29, 1.82) is 0 Å². The van der Waals surface area contributed by atoms with Crippen LogP contribution in [0.25, 0.3) is 0 Å². The highest BCUT2D eigenvalue weighted by atomic mass is 16.2. The van der Waals surface area contributed by atoms with Gasteiger partial charge in [-0.2, -0.15) is 0 Å². The topological polar surface area (TPSA) is 42.0 Å². The van der Waals surface area contributed by atoms with Crippen molar-refractivity contribution in [2.75, 3.05) is 5.32 Å². The van der Waals surface area contributed by atoms with Crippen LogP contribution in [0, 0.1) is 6.92 Å². The van der Waals surface area contributed by atoms with Gasteiger partial charge in [-0.1, -0.05) is 51.1 Å². The third kappa shape index (κ3) is 3.14. The fraction of sp³-hybridized carbons (Fsp3) is 0.400. The van der Waals surface area contributed by atoms with Gasteiger partial charge in [0.1, 0.15) is 5.82 Å². The van der Waals surface area contributed by atoms with E-state index in [0.29, 0.717) is 5.82 Å². The van der Waals surface area contributed by atoms with E-state index in [0.717, 1.165) is 24.1 Å². The van der Waals surface area contributed by atoms with Gasteiger partial charge in [-0.3, -0.25) is 4.79 Å². The van der Waals surface area contributed by atoms with Crippen LogP contribution < -0.4 is 5.32 Å². The predicted octanol–water partition coefficient (Wildman–Crippen LogP) is 4.36. The average Bonchev–Trinajstić information content (AvgIpc) is 3.28. The van der Waals surface area contributed by atoms with Crippen LogP contribution in [-0.4, -0.2) is 10.9 Å². The molecule has 0 aliphatic heterocycles. The maximum absolute atomic E-state index is 12.7. The number of aryl methyl sites for hydroxylation is 1. The van der Waals surface area contributed by atoms with E-state index in [-0.39, 0.29) is 16.7 Å². The average molecular weight is 308 g/mol. The molecule has 2 aromatic rings. The Morgan fingerprint density at radius 3 is 2.26 bits per heavy atom. The fourth-order valence-corrected chi connectivity index (χ4v) is 2.91. The van der Waals surface area contributed by atoms with E-state index in [1.54, 1.807) is 0 Å². The molecule has 1 heterocycles. The summed E-state index contributed by atoms with van der Waals surface area (Å²) in [6, 6.07) is 14.2. The number of amides is 1. The van der Waals surface area contributed by atoms with Crippen molar-refractivity contribution in [1.82, 2.24) is 4.98 Å². The molecule has 0 spiro atoms. The third-order valence-electron chi connectivity index (χ3n) is 4.62. The molecule has 120 valence electrons. The van der Waals surface area contributed by atoms with Gasteiger partial charge in [-0.05, 0) is 48.4 Å². The van der Waals surface area contributed by atoms with Crippen molar-refractivity contribution in [2.45, 2.75) is 51.4 Å². The Bertz CT molecular complexity index is 722. The van der Waals surface area contributed by atoms with E-state index in [2.05, 4.69) is 55.3 Å². The predicted molar refractivity (Wildman–Crippen MR) is 93.7 cm³/mol. The first-order valence-electron chi connectivity index (χ1n) is 8.17. The summed E-state index contributed by atoms with van der Waals surface area (Å²) in [5.41, 5.74) is 3.06. The highest BCUT2D eigenvalue weighted by Gasteiger charge is 2.51. The molecule has 1 aliphatic rings. The second-order valence-corrected chi connectivity index (χ2v) is 7.53. The molecule has 1 saturated carbocycles. The van der Waals surface area contributed by atoms with Gasteiger partial charge in [0.25, 0.3) is 0 Å². The van der Waals surface area contributed by atoms with E-state index >= 15 is 0 Å². The van der Waals surface area contributed by atoms with Crippen LogP contribution in [0.15, 0.2) is 42.5 Å². The Morgan fingerprint density at radius 2 is 1.74 bits per heavy atom. The molecule has 23 heavy (non-hydrogen) atoms. The van der Waals surface area contributed by atoms with E-state index in [1.165, 1.54) is 5.56 Å². The van der Waals surface area contributed by atoms with Crippen LogP contribution in [0.2, 0.25) is 0 Å². The molecule has 0 bridgehead atoms. The van der Waals surface area contributed by atoms with Gasteiger partial charge in [-0.15, -0.1) is 0 Å². The molecule has 1 aromatic heterocycles. The molecule has 0 unspecified atom stereocenters. The Labute approximate surface area is 138 Å². The molecule has 1 N–H and O–H groups in total. The van der Waals surface area contributed by atoms with Crippen LogP contribution in [0.5, 0.6) is 0 Å². The summed E-state index contributed by atoms with van der Waals surface area (Å²) in [7, 11) is 0. The lowest BCUT2D eigenvalue weighted by atomic mass is 9.85. The molecule has 1 aliphatic carbocycles. The van der Waals surface area contributed by atoms with Crippen LogP contribution in [0.1, 0.15) is 50.4 Å². The number of hydrogen-bond donors (Lipinski definition) is 1. The van der Waals surface area contributed by atoms with Gasteiger partial charge in [0.15, 0.2) is 0 Å². The van der Waals surface area contributed by atoms with Crippen molar-refractivity contribution in [3.05, 3.63) is 59.3 Å². The molecule has 0 atom stereocenters. The SMILES string of the molecule is Cc1cccc(NC(=O)C2(c3ccc(C(C)(C)C)cc3)CC2)n1. The zero-order chi connectivity index (χ0) is 16.7. The molecule has 0 saturated heterocycles. The molecule has 3 rings (SSSR count). The van der Waals surface area contributed by atoms with Crippen molar-refractivity contribution in [3.63, 3.8) is 0 Å². The molecule has 1 aromatic carbocycles. The number of nitrogens with zero attached hydrogens (tertiary/aromatic N) is 1. The fourth-order valence-electron chi connectivity index (χ4n) is 2.91. The summed E-state index contributed by atoms with van der Waals surface area (Å²) in [6.45, 7) is 8.52. The Kier molecular flexibility index (Phi) is 3.75. The molecular weight excluding hydrogens is 284 g/mol. The Balaban J connectivity index is 1.80. The largest absolute Gasteiger partial charge is 0.310 e. The minimum atomic E-state index is -0.373. The van der Waals surface area contributed by atoms with Gasteiger partial charge in [0.2, 0.25) is 5.91 Å². The minimum Gasteiger partial charge on any atom is -0.310 e. The van der Waals surface area contributed by atoms with E-state index in [9.17, 15) is 4.79 Å². The highest BCUT2D eigenvalue weighted by molar-refractivity contribution is 6.00. The number of nitrogens with one attached hydrogen (secondary N) is 1. The molecule has 1 amide bonds. The number of benzene rings is 1. The molecule has 0 radical (unpaired) electrons. The summed E-state index contributed by atoms with van der Waals surface area (Å²) in [5, 5.41) is 2.98. The third-order valence-corrected chi connectivity index (χ3v) is 4.62. The van der Waals surface area contributed by atoms with Gasteiger partial charge in [0, 0.05) is 5.69 Å². The first-order valence-corrected chi connectivity index (χ1v) is 8.17. The first-order chi connectivity index (χ1) is 10.8. The monoisotopic (exact) mass is 308 g/mol. The minimum absolute atomic E-state index is 0.0547. The smallest absolute Gasteiger partial charge is 0.236 e. The molecule has 1 fully saturated rings. The maximum Gasteiger partial charge on any atom is 0.236 e. The molecular formula is C20H24N2O. The van der Waals surface area contributed by atoms with E-state index < -0.39 is 0 Å². The summed E-state index contributed by atoms with van der Waals surface area (Å²) >= 11 is 0. The van der Waals surface area contributed by atoms with Gasteiger partial charge in [0.05, 0.1) is 5.41 Å². The standard InChI is InChI=1S/C20H24N2O/c1-14-6-5-7-17(21-14)22-18(23)20(12-13-20)16-10-8-15(9-11-16)19(2,3)4/h5-11H,12-13H2,1-4H3,(H,21,22,23). The van der Waals surface area contributed by atoms with Crippen molar-refractivity contribution < 1.29 is 4.79 Å². The van der Waals surface area contributed by atoms with Crippen molar-refractivity contribution in [2.24, 2.45) is 0 Å². The Morgan fingerprint density at radius 1 is 1.09 bits per heavy atom. The summed E-state index contributed by atoms with van der Waals surface area (Å²) < 4.78 is 0. The molecule has 3 heteroatoms. The summed E-state index contributed by atoms with van der Waals surface area (Å²) in [5.74, 6) is 0.687. The maximum atomic E-state index is 12.7. The zero-order valence-electron chi connectivity index (χ0n) is 14.3. The number of hydrogen-bond acceptors (Lipinski definition) is 2. The molecule has 3 nitrogen and oxygen atoms in total. The second-order valence-electron chi connectivity index (χ2n) is 7.53. The number of rotatable bonds is 3. The van der Waals surface area contributed by atoms with Crippen LogP contribution in [-0.2, 0) is 15.6 Å². The zero-order valence-corrected chi connectivity index (χ0v) is 14.3. The van der Waals surface area contributed by atoms with Gasteiger partial charge in [-0.25, -0.2) is 4.98 Å². The number of pyridine rings is 1. The summed E-state index contributed by atoms with van der Waals surface area (Å²) in [4.78, 5) is 17.1. The van der Waals surface area contributed by atoms with Crippen molar-refractivity contribution >= 4 is 11.7 Å². The second kappa shape index (κ2) is 5.48. The van der Waals surface area contributed by atoms with E-state index in [4.69, 9.17) is 0 Å². The van der Waals surface area contributed by atoms with Gasteiger partial charge >= 0.3 is 0 Å². The lowest BCUT2D eigenvalue weighted by Gasteiger charge is -2.21. The van der Waals surface area contributed by atoms with Crippen LogP contribution in [0.4, 0.5) is 5.82 Å².